The van der Waals surface area contributed by atoms with Crippen LogP contribution in [0, 0.1) is 0 Å². The van der Waals surface area contributed by atoms with E-state index >= 15 is 0 Å². The monoisotopic (exact) mass is 351 g/mol. The number of anilines is 1. The summed E-state index contributed by atoms with van der Waals surface area (Å²) in [5.74, 6) is -0.262. The van der Waals surface area contributed by atoms with Crippen LogP contribution in [0.1, 0.15) is 32.6 Å². The first-order valence-corrected chi connectivity index (χ1v) is 9.03. The van der Waals surface area contributed by atoms with E-state index in [1.165, 1.54) is 0 Å². The molecule has 1 heterocycles. The zero-order valence-electron chi connectivity index (χ0n) is 14.3. The molecule has 1 aromatic carbocycles. The van der Waals surface area contributed by atoms with E-state index in [0.717, 1.165) is 38.0 Å². The summed E-state index contributed by atoms with van der Waals surface area (Å²) in [5.41, 5.74) is 1.07. The van der Waals surface area contributed by atoms with Gasteiger partial charge in [0.1, 0.15) is 6.42 Å². The molecule has 6 heteroatoms. The van der Waals surface area contributed by atoms with Crippen molar-refractivity contribution in [3.05, 3.63) is 29.3 Å². The molecule has 1 aliphatic heterocycles. The average molecular weight is 352 g/mol. The standard InChI is InChI=1S/C18H26ClN3O2/c1-2-3-4-8-20-17(23)14-18(24)22-11-9-21(10-12-22)16-7-5-6-15(19)13-16/h5-7,13H,2-4,8-12,14H2,1H3,(H,20,23). The Balaban J connectivity index is 1.73. The van der Waals surface area contributed by atoms with E-state index in [1.807, 2.05) is 24.3 Å². The Hall–Kier alpha value is -1.75. The lowest BCUT2D eigenvalue weighted by Gasteiger charge is -2.36. The van der Waals surface area contributed by atoms with Gasteiger partial charge in [-0.25, -0.2) is 0 Å². The molecule has 0 aromatic heterocycles. The van der Waals surface area contributed by atoms with Crippen molar-refractivity contribution in [3.8, 4) is 0 Å². The van der Waals surface area contributed by atoms with Gasteiger partial charge in [-0.1, -0.05) is 37.4 Å². The first-order chi connectivity index (χ1) is 11.6. The minimum absolute atomic E-state index is 0.0523. The molecule has 0 saturated carbocycles. The van der Waals surface area contributed by atoms with Crippen LogP contribution in [-0.4, -0.2) is 49.4 Å². The SMILES string of the molecule is CCCCCNC(=O)CC(=O)N1CCN(c2cccc(Cl)c2)CC1. The summed E-state index contributed by atoms with van der Waals surface area (Å²) in [4.78, 5) is 28.0. The van der Waals surface area contributed by atoms with Crippen LogP contribution in [0.3, 0.4) is 0 Å². The van der Waals surface area contributed by atoms with E-state index in [1.54, 1.807) is 4.90 Å². The molecule has 2 amide bonds. The van der Waals surface area contributed by atoms with E-state index < -0.39 is 0 Å². The molecule has 24 heavy (non-hydrogen) atoms. The van der Waals surface area contributed by atoms with Gasteiger partial charge in [0.2, 0.25) is 11.8 Å². The second-order valence-electron chi connectivity index (χ2n) is 6.08. The van der Waals surface area contributed by atoms with Crippen molar-refractivity contribution in [2.75, 3.05) is 37.6 Å². The lowest BCUT2D eigenvalue weighted by atomic mass is 10.2. The number of carbonyl (C=O) groups excluding carboxylic acids is 2. The quantitative estimate of drug-likeness (QED) is 0.607. The number of rotatable bonds is 7. The number of benzene rings is 1. The molecule has 0 aliphatic carbocycles. The molecule has 1 aromatic rings. The largest absolute Gasteiger partial charge is 0.368 e. The van der Waals surface area contributed by atoms with Crippen molar-refractivity contribution < 1.29 is 9.59 Å². The van der Waals surface area contributed by atoms with Crippen molar-refractivity contribution in [2.45, 2.75) is 32.6 Å². The maximum Gasteiger partial charge on any atom is 0.232 e. The highest BCUT2D eigenvalue weighted by atomic mass is 35.5. The number of amides is 2. The summed E-state index contributed by atoms with van der Waals surface area (Å²) < 4.78 is 0. The topological polar surface area (TPSA) is 52.7 Å². The van der Waals surface area contributed by atoms with Crippen molar-refractivity contribution in [3.63, 3.8) is 0 Å². The van der Waals surface area contributed by atoms with E-state index in [0.29, 0.717) is 24.7 Å². The molecule has 1 N–H and O–H groups in total. The van der Waals surface area contributed by atoms with Gasteiger partial charge >= 0.3 is 0 Å². The normalized spacial score (nSPS) is 14.6. The highest BCUT2D eigenvalue weighted by molar-refractivity contribution is 6.30. The summed E-state index contributed by atoms with van der Waals surface area (Å²) >= 11 is 6.03. The van der Waals surface area contributed by atoms with Crippen LogP contribution in [0.15, 0.2) is 24.3 Å². The first kappa shape index (κ1) is 18.6. The lowest BCUT2D eigenvalue weighted by molar-refractivity contribution is -0.136. The van der Waals surface area contributed by atoms with Crippen LogP contribution < -0.4 is 10.2 Å². The Morgan fingerprint density at radius 3 is 2.58 bits per heavy atom. The smallest absolute Gasteiger partial charge is 0.232 e. The van der Waals surface area contributed by atoms with Gasteiger partial charge in [-0.3, -0.25) is 9.59 Å². The summed E-state index contributed by atoms with van der Waals surface area (Å²) in [5, 5.41) is 3.53. The number of nitrogens with zero attached hydrogens (tertiary/aromatic N) is 2. The average Bonchev–Trinajstić information content (AvgIpc) is 2.59. The van der Waals surface area contributed by atoms with Crippen molar-refractivity contribution in [1.29, 1.82) is 0 Å². The zero-order chi connectivity index (χ0) is 17.4. The number of carbonyl (C=O) groups is 2. The minimum Gasteiger partial charge on any atom is -0.368 e. The molecular formula is C18H26ClN3O2. The third kappa shape index (κ3) is 5.71. The Kier molecular flexibility index (Phi) is 7.37. The maximum absolute atomic E-state index is 12.2. The zero-order valence-corrected chi connectivity index (χ0v) is 15.0. The predicted octanol–water partition coefficient (Wildman–Crippen LogP) is 2.69. The molecule has 0 spiro atoms. The van der Waals surface area contributed by atoms with E-state index in [2.05, 4.69) is 17.1 Å². The van der Waals surface area contributed by atoms with Crippen molar-refractivity contribution in [1.82, 2.24) is 10.2 Å². The molecule has 0 bridgehead atoms. The number of unbranched alkanes of at least 4 members (excludes halogenated alkanes) is 2. The number of nitrogens with one attached hydrogen (secondary N) is 1. The van der Waals surface area contributed by atoms with Crippen LogP contribution in [0.4, 0.5) is 5.69 Å². The molecule has 0 atom stereocenters. The van der Waals surface area contributed by atoms with Crippen molar-refractivity contribution in [2.24, 2.45) is 0 Å². The molecule has 5 nitrogen and oxygen atoms in total. The Bertz CT molecular complexity index is 557. The fourth-order valence-electron chi connectivity index (χ4n) is 2.80. The number of piperazine rings is 1. The Morgan fingerprint density at radius 2 is 1.92 bits per heavy atom. The fourth-order valence-corrected chi connectivity index (χ4v) is 2.99. The molecule has 0 unspecified atom stereocenters. The van der Waals surface area contributed by atoms with E-state index in [9.17, 15) is 9.59 Å². The van der Waals surface area contributed by atoms with Gasteiger partial charge in [-0.15, -0.1) is 0 Å². The van der Waals surface area contributed by atoms with Crippen molar-refractivity contribution >= 4 is 29.1 Å². The number of halogens is 1. The highest BCUT2D eigenvalue weighted by Gasteiger charge is 2.22. The summed E-state index contributed by atoms with van der Waals surface area (Å²) in [7, 11) is 0. The lowest BCUT2D eigenvalue weighted by Crippen LogP contribution is -2.49. The summed E-state index contributed by atoms with van der Waals surface area (Å²) in [6.07, 6.45) is 3.13. The van der Waals surface area contributed by atoms with E-state index in [-0.39, 0.29) is 18.2 Å². The van der Waals surface area contributed by atoms with Gasteiger partial charge in [-0.2, -0.15) is 0 Å². The third-order valence-corrected chi connectivity index (χ3v) is 4.46. The van der Waals surface area contributed by atoms with Gasteiger partial charge in [0.25, 0.3) is 0 Å². The van der Waals surface area contributed by atoms with Crippen LogP contribution in [0.5, 0.6) is 0 Å². The molecule has 2 rings (SSSR count). The predicted molar refractivity (Wildman–Crippen MR) is 97.4 cm³/mol. The molecule has 1 aliphatic rings. The molecule has 0 radical (unpaired) electrons. The Morgan fingerprint density at radius 1 is 1.17 bits per heavy atom. The minimum atomic E-state index is -0.173. The van der Waals surface area contributed by atoms with Crippen LogP contribution in [0.2, 0.25) is 5.02 Å². The summed E-state index contributed by atoms with van der Waals surface area (Å²) in [6.45, 7) is 5.55. The molecular weight excluding hydrogens is 326 g/mol. The molecule has 1 saturated heterocycles. The molecule has 132 valence electrons. The first-order valence-electron chi connectivity index (χ1n) is 8.65. The number of hydrogen-bond acceptors (Lipinski definition) is 3. The second kappa shape index (κ2) is 9.52. The van der Waals surface area contributed by atoms with Crippen LogP contribution in [0.25, 0.3) is 0 Å². The Labute approximate surface area is 149 Å². The van der Waals surface area contributed by atoms with Gasteiger partial charge in [0, 0.05) is 43.4 Å². The van der Waals surface area contributed by atoms with Gasteiger partial charge in [0.15, 0.2) is 0 Å². The van der Waals surface area contributed by atoms with Gasteiger partial charge in [-0.05, 0) is 24.6 Å². The summed E-state index contributed by atoms with van der Waals surface area (Å²) in [6, 6.07) is 7.73. The molecule has 1 fully saturated rings. The maximum atomic E-state index is 12.2. The second-order valence-corrected chi connectivity index (χ2v) is 6.52. The van der Waals surface area contributed by atoms with Crippen LogP contribution in [-0.2, 0) is 9.59 Å². The highest BCUT2D eigenvalue weighted by Crippen LogP contribution is 2.20. The van der Waals surface area contributed by atoms with E-state index in [4.69, 9.17) is 11.6 Å². The van der Waals surface area contributed by atoms with Gasteiger partial charge in [0.05, 0.1) is 0 Å². The van der Waals surface area contributed by atoms with Crippen LogP contribution >= 0.6 is 11.6 Å². The van der Waals surface area contributed by atoms with Gasteiger partial charge < -0.3 is 15.1 Å². The fraction of sp³-hybridized carbons (Fsp3) is 0.556. The number of hydrogen-bond donors (Lipinski definition) is 1. The third-order valence-electron chi connectivity index (χ3n) is 4.22.